The molecule has 0 atom stereocenters. The third-order valence-electron chi connectivity index (χ3n) is 0.940. The van der Waals surface area contributed by atoms with Gasteiger partial charge in [-0.15, -0.1) is 0 Å². The average Bonchev–Trinajstić information content (AvgIpc) is 1.87. The van der Waals surface area contributed by atoms with Gasteiger partial charge >= 0.3 is 0 Å². The van der Waals surface area contributed by atoms with E-state index in [-0.39, 0.29) is 27.3 Å². The van der Waals surface area contributed by atoms with Crippen LogP contribution in [0.3, 0.4) is 0 Å². The summed E-state index contributed by atoms with van der Waals surface area (Å²) < 4.78 is 24.2. The van der Waals surface area contributed by atoms with E-state index < -0.39 is 11.0 Å². The number of benzene rings is 1. The van der Waals surface area contributed by atoms with E-state index in [0.717, 1.165) is 0 Å². The monoisotopic (exact) mass is 288 g/mol. The molecule has 1 aromatic rings. The minimum atomic E-state index is -3.12. The molecule has 0 aliphatic rings. The number of thiol groups is 1. The first-order valence-electron chi connectivity index (χ1n) is 2.98. The normalized spacial score (nSPS) is 7.92. The van der Waals surface area contributed by atoms with Crippen molar-refractivity contribution >= 4 is 11.0 Å². The molecule has 64 valence electrons. The van der Waals surface area contributed by atoms with Crippen molar-refractivity contribution in [2.75, 3.05) is 0 Å². The van der Waals surface area contributed by atoms with Crippen molar-refractivity contribution in [1.82, 2.24) is 0 Å². The van der Waals surface area contributed by atoms with Crippen LogP contribution in [-0.2, 0) is 38.3 Å². The molecule has 0 heterocycles. The van der Waals surface area contributed by atoms with Gasteiger partial charge in [0.15, 0.2) is 0 Å². The molecule has 12 heavy (non-hydrogen) atoms. The fourth-order valence-corrected chi connectivity index (χ4v) is 0.534. The van der Waals surface area contributed by atoms with Crippen LogP contribution in [-0.4, -0.2) is 13.0 Å². The fourth-order valence-electron chi connectivity index (χ4n) is 0.534. The SMILES string of the molecule is Cc1ccccc1.O=[SH](=O)O.[Cd]. The van der Waals surface area contributed by atoms with Crippen LogP contribution in [0.4, 0.5) is 0 Å². The topological polar surface area (TPSA) is 54.4 Å². The van der Waals surface area contributed by atoms with E-state index in [2.05, 4.69) is 19.1 Å². The summed E-state index contributed by atoms with van der Waals surface area (Å²) >= 11 is 0. The van der Waals surface area contributed by atoms with Crippen molar-refractivity contribution in [3.63, 3.8) is 0 Å². The summed E-state index contributed by atoms with van der Waals surface area (Å²) in [7, 11) is -3.12. The van der Waals surface area contributed by atoms with Gasteiger partial charge in [-0.2, -0.15) is 0 Å². The van der Waals surface area contributed by atoms with Crippen LogP contribution in [0.25, 0.3) is 0 Å². The molecule has 3 nitrogen and oxygen atoms in total. The van der Waals surface area contributed by atoms with Crippen LogP contribution in [0.15, 0.2) is 30.3 Å². The predicted molar refractivity (Wildman–Crippen MR) is 44.1 cm³/mol. The summed E-state index contributed by atoms with van der Waals surface area (Å²) in [6.07, 6.45) is 0. The van der Waals surface area contributed by atoms with E-state index >= 15 is 0 Å². The van der Waals surface area contributed by atoms with Gasteiger partial charge in [0.2, 0.25) is 0 Å². The molecule has 5 heteroatoms. The molecular formula is C7H10CdO3S. The van der Waals surface area contributed by atoms with E-state index in [1.165, 1.54) is 5.56 Å². The van der Waals surface area contributed by atoms with Crippen LogP contribution in [0, 0.1) is 6.92 Å². The van der Waals surface area contributed by atoms with E-state index in [1.54, 1.807) is 0 Å². The maximum absolute atomic E-state index is 8.59. The number of hydrogen-bond acceptors (Lipinski definition) is 2. The average molecular weight is 287 g/mol. The standard InChI is InChI=1S/C7H8.Cd.H2O3S/c1-7-5-3-2-4-6-7;;1-4(2)3/h2-6H,1H3;;4H,(H,1,2,3). The largest absolute Gasteiger partial charge is 0.288 e. The molecule has 0 bridgehead atoms. The van der Waals surface area contributed by atoms with E-state index in [4.69, 9.17) is 13.0 Å². The van der Waals surface area contributed by atoms with Crippen molar-refractivity contribution < 1.29 is 40.3 Å². The molecule has 0 aromatic heterocycles. The molecule has 0 unspecified atom stereocenters. The minimum Gasteiger partial charge on any atom is -0.288 e. The second-order valence-corrected chi connectivity index (χ2v) is 2.37. The van der Waals surface area contributed by atoms with Gasteiger partial charge in [0.05, 0.1) is 0 Å². The Bertz CT molecular complexity index is 251. The Hall–Kier alpha value is 0.0521. The Morgan fingerprint density at radius 2 is 1.50 bits per heavy atom. The molecule has 0 saturated carbocycles. The van der Waals surface area contributed by atoms with Gasteiger partial charge in [0.1, 0.15) is 0 Å². The van der Waals surface area contributed by atoms with Crippen LogP contribution < -0.4 is 0 Å². The quantitative estimate of drug-likeness (QED) is 0.426. The van der Waals surface area contributed by atoms with Gasteiger partial charge in [-0.05, 0) is 6.92 Å². The minimum absolute atomic E-state index is 0. The third kappa shape index (κ3) is 12.7. The van der Waals surface area contributed by atoms with Crippen molar-refractivity contribution in [3.8, 4) is 0 Å². The Labute approximate surface area is 93.7 Å². The van der Waals surface area contributed by atoms with Gasteiger partial charge in [0, 0.05) is 27.3 Å². The zero-order valence-corrected chi connectivity index (χ0v) is 11.7. The van der Waals surface area contributed by atoms with Gasteiger partial charge in [0.25, 0.3) is 11.0 Å². The molecule has 1 aromatic carbocycles. The second kappa shape index (κ2) is 9.14. The summed E-state index contributed by atoms with van der Waals surface area (Å²) in [4.78, 5) is 0. The molecule has 0 radical (unpaired) electrons. The number of rotatable bonds is 0. The molecule has 1 N–H and O–H groups in total. The molecule has 0 saturated heterocycles. The molecule has 0 aliphatic carbocycles. The predicted octanol–water partition coefficient (Wildman–Crippen LogP) is 1.06. The van der Waals surface area contributed by atoms with Crippen molar-refractivity contribution in [3.05, 3.63) is 35.9 Å². The summed E-state index contributed by atoms with van der Waals surface area (Å²) in [6, 6.07) is 10.3. The smallest absolute Gasteiger partial charge is 0.254 e. The first-order valence-corrected chi connectivity index (χ1v) is 4.11. The second-order valence-electron chi connectivity index (χ2n) is 1.89. The maximum atomic E-state index is 8.59. The van der Waals surface area contributed by atoms with Gasteiger partial charge in [-0.25, -0.2) is 8.42 Å². The summed E-state index contributed by atoms with van der Waals surface area (Å²) in [5.41, 5.74) is 1.32. The third-order valence-corrected chi connectivity index (χ3v) is 0.940. The van der Waals surface area contributed by atoms with Crippen LogP contribution >= 0.6 is 0 Å². The van der Waals surface area contributed by atoms with E-state index in [1.807, 2.05) is 18.2 Å². The zero-order valence-electron chi connectivity index (χ0n) is 6.80. The van der Waals surface area contributed by atoms with Crippen molar-refractivity contribution in [2.45, 2.75) is 6.92 Å². The molecule has 0 fully saturated rings. The Kier molecular flexibility index (Phi) is 11.1. The number of aryl methyl sites for hydroxylation is 1. The van der Waals surface area contributed by atoms with Gasteiger partial charge in [-0.3, -0.25) is 4.55 Å². The summed E-state index contributed by atoms with van der Waals surface area (Å²) in [6.45, 7) is 2.08. The van der Waals surface area contributed by atoms with E-state index in [9.17, 15) is 0 Å². The fraction of sp³-hybridized carbons (Fsp3) is 0.143. The first-order chi connectivity index (χ1) is 5.13. The maximum Gasteiger partial charge on any atom is 0.254 e. The van der Waals surface area contributed by atoms with E-state index in [0.29, 0.717) is 0 Å². The Morgan fingerprint density at radius 1 is 1.17 bits per heavy atom. The molecule has 1 rings (SSSR count). The molecular weight excluding hydrogens is 277 g/mol. The zero-order chi connectivity index (χ0) is 8.69. The molecule has 0 amide bonds. The summed E-state index contributed by atoms with van der Waals surface area (Å²) in [5.74, 6) is 0. The van der Waals surface area contributed by atoms with Gasteiger partial charge < -0.3 is 0 Å². The van der Waals surface area contributed by atoms with Crippen LogP contribution in [0.2, 0.25) is 0 Å². The molecule has 0 spiro atoms. The molecule has 0 aliphatic heterocycles. The van der Waals surface area contributed by atoms with Gasteiger partial charge in [-0.1, -0.05) is 35.9 Å². The Morgan fingerprint density at radius 3 is 1.67 bits per heavy atom. The van der Waals surface area contributed by atoms with Crippen LogP contribution in [0.5, 0.6) is 0 Å². The van der Waals surface area contributed by atoms with Crippen molar-refractivity contribution in [1.29, 1.82) is 0 Å². The first kappa shape index (κ1) is 14.6. The van der Waals surface area contributed by atoms with Crippen LogP contribution in [0.1, 0.15) is 5.56 Å². The van der Waals surface area contributed by atoms with Crippen molar-refractivity contribution in [2.24, 2.45) is 0 Å². The Balaban J connectivity index is 0. The summed E-state index contributed by atoms with van der Waals surface area (Å²) in [5, 5.41) is 0. The number of hydrogen-bond donors (Lipinski definition) is 2.